The number of aryl methyl sites for hydroxylation is 3. The molecule has 2 nitrogen and oxygen atoms in total. The Balaban J connectivity index is 1.51. The second kappa shape index (κ2) is 8.13. The highest BCUT2D eigenvalue weighted by Crippen LogP contribution is 2.19. The molecule has 0 unspecified atom stereocenters. The monoisotopic (exact) mass is 348 g/mol. The van der Waals surface area contributed by atoms with Gasteiger partial charge in [0.15, 0.2) is 5.11 Å². The lowest BCUT2D eigenvalue weighted by Gasteiger charge is -2.13. The van der Waals surface area contributed by atoms with E-state index < -0.39 is 0 Å². The first kappa shape index (κ1) is 17.4. The molecule has 0 fully saturated rings. The first-order valence-electron chi connectivity index (χ1n) is 8.72. The molecule has 0 aliphatic carbocycles. The van der Waals surface area contributed by atoms with Crippen molar-refractivity contribution in [2.45, 2.75) is 26.7 Å². The topological polar surface area (TPSA) is 24.1 Å². The third kappa shape index (κ3) is 4.58. The first-order valence-corrected chi connectivity index (χ1v) is 9.13. The Morgan fingerprint density at radius 1 is 0.960 bits per heavy atom. The Morgan fingerprint density at radius 2 is 1.76 bits per heavy atom. The number of thiocarbonyl (C=S) groups is 1. The number of anilines is 1. The summed E-state index contributed by atoms with van der Waals surface area (Å²) in [5.41, 5.74) is 4.90. The largest absolute Gasteiger partial charge is 0.362 e. The zero-order chi connectivity index (χ0) is 17.6. The molecule has 128 valence electrons. The van der Waals surface area contributed by atoms with Crippen molar-refractivity contribution in [2.24, 2.45) is 0 Å². The van der Waals surface area contributed by atoms with E-state index in [0.29, 0.717) is 5.11 Å². The molecule has 0 aliphatic heterocycles. The van der Waals surface area contributed by atoms with E-state index in [2.05, 4.69) is 85.1 Å². The third-order valence-corrected chi connectivity index (χ3v) is 4.68. The van der Waals surface area contributed by atoms with Gasteiger partial charge in [0, 0.05) is 12.2 Å². The van der Waals surface area contributed by atoms with Gasteiger partial charge in [-0.15, -0.1) is 0 Å². The lowest BCUT2D eigenvalue weighted by molar-refractivity contribution is 0.780. The maximum atomic E-state index is 5.42. The van der Waals surface area contributed by atoms with E-state index in [-0.39, 0.29) is 0 Å². The lowest BCUT2D eigenvalue weighted by atomic mass is 10.0. The van der Waals surface area contributed by atoms with Gasteiger partial charge in [0.1, 0.15) is 0 Å². The molecule has 0 aromatic heterocycles. The molecule has 3 aromatic carbocycles. The van der Waals surface area contributed by atoms with Crippen LogP contribution in [0.5, 0.6) is 0 Å². The Bertz CT molecular complexity index is 881. The van der Waals surface area contributed by atoms with Crippen molar-refractivity contribution in [1.82, 2.24) is 5.32 Å². The second-order valence-corrected chi connectivity index (χ2v) is 6.85. The predicted molar refractivity (Wildman–Crippen MR) is 112 cm³/mol. The minimum absolute atomic E-state index is 0.687. The highest BCUT2D eigenvalue weighted by atomic mass is 32.1. The fraction of sp³-hybridized carbons (Fsp3) is 0.227. The molecule has 0 amide bonds. The standard InChI is InChI=1S/C22H24N2S/c1-16-12-13-17(2)21(15-16)24-22(25)23-14-6-10-19-9-5-8-18-7-3-4-11-20(18)19/h3-5,7-9,11-13,15H,6,10,14H2,1-2H3,(H2,23,24,25). The van der Waals surface area contributed by atoms with Crippen LogP contribution in [-0.2, 0) is 6.42 Å². The van der Waals surface area contributed by atoms with Gasteiger partial charge in [0.2, 0.25) is 0 Å². The van der Waals surface area contributed by atoms with Crippen molar-refractivity contribution < 1.29 is 0 Å². The maximum absolute atomic E-state index is 5.42. The number of benzene rings is 3. The van der Waals surface area contributed by atoms with Crippen LogP contribution < -0.4 is 10.6 Å². The number of hydrogen-bond donors (Lipinski definition) is 2. The molecule has 3 heteroatoms. The Hall–Kier alpha value is -2.39. The number of fused-ring (bicyclic) bond motifs is 1. The third-order valence-electron chi connectivity index (χ3n) is 4.43. The van der Waals surface area contributed by atoms with Crippen LogP contribution in [0.2, 0.25) is 0 Å². The number of rotatable bonds is 5. The highest BCUT2D eigenvalue weighted by molar-refractivity contribution is 7.80. The summed E-state index contributed by atoms with van der Waals surface area (Å²) in [6, 6.07) is 21.4. The average Bonchev–Trinajstić information content (AvgIpc) is 2.62. The summed E-state index contributed by atoms with van der Waals surface area (Å²) in [6.45, 7) is 5.04. The molecular formula is C22H24N2S. The summed E-state index contributed by atoms with van der Waals surface area (Å²) in [6.07, 6.45) is 2.09. The normalized spacial score (nSPS) is 10.6. The van der Waals surface area contributed by atoms with Crippen molar-refractivity contribution in [3.63, 3.8) is 0 Å². The van der Waals surface area contributed by atoms with Gasteiger partial charge >= 0.3 is 0 Å². The lowest BCUT2D eigenvalue weighted by Crippen LogP contribution is -2.29. The maximum Gasteiger partial charge on any atom is 0.170 e. The van der Waals surface area contributed by atoms with Gasteiger partial charge in [-0.05, 0) is 72.4 Å². The van der Waals surface area contributed by atoms with Crippen molar-refractivity contribution in [2.75, 3.05) is 11.9 Å². The number of nitrogens with one attached hydrogen (secondary N) is 2. The Labute approximate surface area is 155 Å². The Kier molecular flexibility index (Phi) is 5.67. The molecule has 0 aliphatic rings. The summed E-state index contributed by atoms with van der Waals surface area (Å²) in [5.74, 6) is 0. The second-order valence-electron chi connectivity index (χ2n) is 6.44. The van der Waals surface area contributed by atoms with Gasteiger partial charge < -0.3 is 10.6 Å². The molecule has 0 saturated carbocycles. The summed E-state index contributed by atoms with van der Waals surface area (Å²) in [4.78, 5) is 0. The predicted octanol–water partition coefficient (Wildman–Crippen LogP) is 5.38. The van der Waals surface area contributed by atoms with E-state index in [1.807, 2.05) is 0 Å². The van der Waals surface area contributed by atoms with Crippen LogP contribution in [-0.4, -0.2) is 11.7 Å². The summed E-state index contributed by atoms with van der Waals surface area (Å²) in [5, 5.41) is 9.96. The molecule has 3 aromatic rings. The molecular weight excluding hydrogens is 324 g/mol. The summed E-state index contributed by atoms with van der Waals surface area (Å²) < 4.78 is 0. The van der Waals surface area contributed by atoms with Crippen LogP contribution in [0.15, 0.2) is 60.7 Å². The summed E-state index contributed by atoms with van der Waals surface area (Å²) >= 11 is 5.42. The first-order chi connectivity index (χ1) is 12.1. The SMILES string of the molecule is Cc1ccc(C)c(NC(=S)NCCCc2cccc3ccccc23)c1. The van der Waals surface area contributed by atoms with Crippen molar-refractivity contribution >= 4 is 33.8 Å². The van der Waals surface area contributed by atoms with Gasteiger partial charge in [-0.2, -0.15) is 0 Å². The van der Waals surface area contributed by atoms with Gasteiger partial charge in [-0.3, -0.25) is 0 Å². The van der Waals surface area contributed by atoms with Crippen LogP contribution >= 0.6 is 12.2 Å². The molecule has 0 heterocycles. The molecule has 0 saturated heterocycles. The smallest absolute Gasteiger partial charge is 0.170 e. The molecule has 0 atom stereocenters. The molecule has 25 heavy (non-hydrogen) atoms. The van der Waals surface area contributed by atoms with Gasteiger partial charge in [0.25, 0.3) is 0 Å². The minimum Gasteiger partial charge on any atom is -0.362 e. The summed E-state index contributed by atoms with van der Waals surface area (Å²) in [7, 11) is 0. The van der Waals surface area contributed by atoms with Gasteiger partial charge in [-0.25, -0.2) is 0 Å². The molecule has 0 radical (unpaired) electrons. The minimum atomic E-state index is 0.687. The van der Waals surface area contributed by atoms with Crippen LogP contribution in [0.25, 0.3) is 10.8 Å². The van der Waals surface area contributed by atoms with E-state index >= 15 is 0 Å². The molecule has 2 N–H and O–H groups in total. The van der Waals surface area contributed by atoms with Crippen LogP contribution in [0, 0.1) is 13.8 Å². The van der Waals surface area contributed by atoms with Crippen LogP contribution in [0.3, 0.4) is 0 Å². The fourth-order valence-corrected chi connectivity index (χ4v) is 3.24. The van der Waals surface area contributed by atoms with E-state index in [1.165, 1.54) is 27.5 Å². The van der Waals surface area contributed by atoms with Crippen molar-refractivity contribution in [1.29, 1.82) is 0 Å². The number of hydrogen-bond acceptors (Lipinski definition) is 1. The van der Waals surface area contributed by atoms with E-state index in [9.17, 15) is 0 Å². The van der Waals surface area contributed by atoms with Crippen LogP contribution in [0.4, 0.5) is 5.69 Å². The Morgan fingerprint density at radius 3 is 2.64 bits per heavy atom. The molecule has 0 spiro atoms. The van der Waals surface area contributed by atoms with E-state index in [0.717, 1.165) is 25.1 Å². The van der Waals surface area contributed by atoms with Crippen molar-refractivity contribution in [3.8, 4) is 0 Å². The van der Waals surface area contributed by atoms with Gasteiger partial charge in [0.05, 0.1) is 0 Å². The zero-order valence-corrected chi connectivity index (χ0v) is 15.6. The average molecular weight is 349 g/mol. The molecule has 0 bridgehead atoms. The van der Waals surface area contributed by atoms with E-state index in [4.69, 9.17) is 12.2 Å². The van der Waals surface area contributed by atoms with Crippen molar-refractivity contribution in [3.05, 3.63) is 77.4 Å². The van der Waals surface area contributed by atoms with Gasteiger partial charge in [-0.1, -0.05) is 54.6 Å². The quantitative estimate of drug-likeness (QED) is 0.478. The van der Waals surface area contributed by atoms with E-state index in [1.54, 1.807) is 0 Å². The van der Waals surface area contributed by atoms with Crippen LogP contribution in [0.1, 0.15) is 23.1 Å². The molecule has 3 rings (SSSR count). The zero-order valence-electron chi connectivity index (χ0n) is 14.8. The highest BCUT2D eigenvalue weighted by Gasteiger charge is 2.03. The fourth-order valence-electron chi connectivity index (χ4n) is 3.03.